The minimum Gasteiger partial charge on any atom is -0.379 e. The summed E-state index contributed by atoms with van der Waals surface area (Å²) < 4.78 is 5.36. The molecule has 144 valence electrons. The lowest BCUT2D eigenvalue weighted by molar-refractivity contribution is 0.0374. The maximum atomic E-state index is 12.6. The molecule has 2 aromatic rings. The third-order valence-corrected chi connectivity index (χ3v) is 5.76. The van der Waals surface area contributed by atoms with E-state index in [1.165, 1.54) is 22.9 Å². The summed E-state index contributed by atoms with van der Waals surface area (Å²) in [4.78, 5) is 20.5. The summed E-state index contributed by atoms with van der Waals surface area (Å²) in [6.07, 6.45) is 2.67. The van der Waals surface area contributed by atoms with E-state index in [9.17, 15) is 4.79 Å². The Bertz CT molecular complexity index is 776. The van der Waals surface area contributed by atoms with Crippen molar-refractivity contribution in [3.63, 3.8) is 0 Å². The predicted octanol–water partition coefficient (Wildman–Crippen LogP) is 3.30. The number of carbonyl (C=O) groups excluding carboxylic acids is 1. The molecule has 1 saturated heterocycles. The predicted molar refractivity (Wildman–Crippen MR) is 108 cm³/mol. The SMILES string of the molecule is Cc1ccc(Sc2ncccc2C(=O)NCCCN2CCOCC2)cc1C. The molecule has 0 spiro atoms. The van der Waals surface area contributed by atoms with Crippen molar-refractivity contribution < 1.29 is 9.53 Å². The van der Waals surface area contributed by atoms with Crippen LogP contribution in [0.5, 0.6) is 0 Å². The summed E-state index contributed by atoms with van der Waals surface area (Å²) in [6, 6.07) is 9.97. The van der Waals surface area contributed by atoms with E-state index in [0.29, 0.717) is 12.1 Å². The number of ether oxygens (including phenoxy) is 1. The smallest absolute Gasteiger partial charge is 0.254 e. The van der Waals surface area contributed by atoms with E-state index in [4.69, 9.17) is 4.74 Å². The van der Waals surface area contributed by atoms with Gasteiger partial charge in [-0.05, 0) is 62.2 Å². The van der Waals surface area contributed by atoms with Crippen molar-refractivity contribution >= 4 is 17.7 Å². The van der Waals surface area contributed by atoms with Gasteiger partial charge in [0.2, 0.25) is 0 Å². The van der Waals surface area contributed by atoms with Gasteiger partial charge in [0.1, 0.15) is 5.03 Å². The van der Waals surface area contributed by atoms with Crippen LogP contribution in [0.1, 0.15) is 27.9 Å². The lowest BCUT2D eigenvalue weighted by Gasteiger charge is -2.26. The molecule has 0 saturated carbocycles. The number of hydrogen-bond acceptors (Lipinski definition) is 5. The van der Waals surface area contributed by atoms with Crippen LogP contribution < -0.4 is 5.32 Å². The molecule has 1 aromatic carbocycles. The standard InChI is InChI=1S/C21H27N3O2S/c1-16-6-7-18(15-17(16)2)27-21-19(5-3-8-23-21)20(25)22-9-4-10-24-11-13-26-14-12-24/h3,5-8,15H,4,9-14H2,1-2H3,(H,22,25). The summed E-state index contributed by atoms with van der Waals surface area (Å²) in [7, 11) is 0. The molecule has 0 aliphatic carbocycles. The Labute approximate surface area is 165 Å². The van der Waals surface area contributed by atoms with E-state index in [1.54, 1.807) is 6.20 Å². The number of carbonyl (C=O) groups is 1. The van der Waals surface area contributed by atoms with Crippen LogP contribution >= 0.6 is 11.8 Å². The van der Waals surface area contributed by atoms with Crippen molar-refractivity contribution in [2.45, 2.75) is 30.2 Å². The summed E-state index contributed by atoms with van der Waals surface area (Å²) in [5.41, 5.74) is 3.13. The van der Waals surface area contributed by atoms with Crippen LogP contribution in [0.15, 0.2) is 46.5 Å². The second kappa shape index (κ2) is 9.88. The fourth-order valence-corrected chi connectivity index (χ4v) is 3.94. The zero-order valence-electron chi connectivity index (χ0n) is 16.0. The fourth-order valence-electron chi connectivity index (χ4n) is 2.96. The van der Waals surface area contributed by atoms with E-state index < -0.39 is 0 Å². The second-order valence-electron chi connectivity index (χ2n) is 6.77. The summed E-state index contributed by atoms with van der Waals surface area (Å²) in [5.74, 6) is -0.0589. The lowest BCUT2D eigenvalue weighted by Crippen LogP contribution is -2.38. The zero-order valence-corrected chi connectivity index (χ0v) is 16.8. The Balaban J connectivity index is 1.55. The van der Waals surface area contributed by atoms with Crippen LogP contribution in [0.4, 0.5) is 0 Å². The molecule has 1 amide bonds. The van der Waals surface area contributed by atoms with Gasteiger partial charge in [0, 0.05) is 30.7 Å². The van der Waals surface area contributed by atoms with Gasteiger partial charge < -0.3 is 10.1 Å². The molecule has 0 bridgehead atoms. The van der Waals surface area contributed by atoms with Crippen LogP contribution in [0.3, 0.4) is 0 Å². The van der Waals surface area contributed by atoms with Gasteiger partial charge in [0.05, 0.1) is 18.8 Å². The highest BCUT2D eigenvalue weighted by Gasteiger charge is 2.14. The van der Waals surface area contributed by atoms with E-state index in [-0.39, 0.29) is 5.91 Å². The Morgan fingerprint density at radius 3 is 2.81 bits per heavy atom. The number of aryl methyl sites for hydroxylation is 2. The molecule has 0 radical (unpaired) electrons. The Morgan fingerprint density at radius 1 is 1.22 bits per heavy atom. The number of morpholine rings is 1. The molecule has 2 heterocycles. The van der Waals surface area contributed by atoms with Crippen LogP contribution in [0.2, 0.25) is 0 Å². The highest BCUT2D eigenvalue weighted by molar-refractivity contribution is 7.99. The lowest BCUT2D eigenvalue weighted by atomic mass is 10.1. The van der Waals surface area contributed by atoms with E-state index >= 15 is 0 Å². The van der Waals surface area contributed by atoms with Gasteiger partial charge in [-0.15, -0.1) is 0 Å². The molecule has 1 N–H and O–H groups in total. The van der Waals surface area contributed by atoms with Gasteiger partial charge in [-0.2, -0.15) is 0 Å². The number of rotatable bonds is 7. The van der Waals surface area contributed by atoms with Crippen molar-refractivity contribution in [2.75, 3.05) is 39.4 Å². The van der Waals surface area contributed by atoms with E-state index in [0.717, 1.165) is 49.2 Å². The number of nitrogens with zero attached hydrogens (tertiary/aromatic N) is 2. The summed E-state index contributed by atoms with van der Waals surface area (Å²) in [5, 5.41) is 3.78. The van der Waals surface area contributed by atoms with Gasteiger partial charge in [0.15, 0.2) is 0 Å². The minimum atomic E-state index is -0.0589. The van der Waals surface area contributed by atoms with Gasteiger partial charge >= 0.3 is 0 Å². The molecule has 1 aromatic heterocycles. The molecule has 0 unspecified atom stereocenters. The molecule has 6 heteroatoms. The summed E-state index contributed by atoms with van der Waals surface area (Å²) in [6.45, 7) is 9.42. The van der Waals surface area contributed by atoms with Crippen LogP contribution in [-0.2, 0) is 4.74 Å². The minimum absolute atomic E-state index is 0.0589. The van der Waals surface area contributed by atoms with Crippen LogP contribution in [0.25, 0.3) is 0 Å². The molecule has 1 aliphatic heterocycles. The van der Waals surface area contributed by atoms with Crippen molar-refractivity contribution in [2.24, 2.45) is 0 Å². The van der Waals surface area contributed by atoms with Gasteiger partial charge in [-0.1, -0.05) is 17.8 Å². The Hall–Kier alpha value is -1.89. The van der Waals surface area contributed by atoms with Crippen molar-refractivity contribution in [3.05, 3.63) is 53.2 Å². The van der Waals surface area contributed by atoms with Gasteiger partial charge in [0.25, 0.3) is 5.91 Å². The average molecular weight is 386 g/mol. The second-order valence-corrected chi connectivity index (χ2v) is 7.83. The molecule has 27 heavy (non-hydrogen) atoms. The highest BCUT2D eigenvalue weighted by Crippen LogP contribution is 2.29. The molecule has 0 atom stereocenters. The third kappa shape index (κ3) is 5.79. The van der Waals surface area contributed by atoms with Crippen LogP contribution in [-0.4, -0.2) is 55.2 Å². The number of nitrogens with one attached hydrogen (secondary N) is 1. The molecular weight excluding hydrogens is 358 g/mol. The Kier molecular flexibility index (Phi) is 7.26. The number of amides is 1. The number of aromatic nitrogens is 1. The average Bonchev–Trinajstić information content (AvgIpc) is 2.69. The van der Waals surface area contributed by atoms with Crippen molar-refractivity contribution in [3.8, 4) is 0 Å². The van der Waals surface area contributed by atoms with Crippen molar-refractivity contribution in [1.29, 1.82) is 0 Å². The summed E-state index contributed by atoms with van der Waals surface area (Å²) >= 11 is 1.53. The fraction of sp³-hybridized carbons (Fsp3) is 0.429. The van der Waals surface area contributed by atoms with Gasteiger partial charge in [-0.3, -0.25) is 9.69 Å². The molecule has 5 nitrogen and oxygen atoms in total. The third-order valence-electron chi connectivity index (χ3n) is 4.75. The zero-order chi connectivity index (χ0) is 19.1. The monoisotopic (exact) mass is 385 g/mol. The maximum Gasteiger partial charge on any atom is 0.254 e. The topological polar surface area (TPSA) is 54.5 Å². The van der Waals surface area contributed by atoms with E-state index in [1.807, 2.05) is 12.1 Å². The van der Waals surface area contributed by atoms with Gasteiger partial charge in [-0.25, -0.2) is 4.98 Å². The first-order valence-corrected chi connectivity index (χ1v) is 10.2. The molecular formula is C21H27N3O2S. The number of benzene rings is 1. The molecule has 1 aliphatic rings. The molecule has 1 fully saturated rings. The Morgan fingerprint density at radius 2 is 2.04 bits per heavy atom. The molecule has 3 rings (SSSR count). The maximum absolute atomic E-state index is 12.6. The highest BCUT2D eigenvalue weighted by atomic mass is 32.2. The first kappa shape index (κ1) is 19.9. The van der Waals surface area contributed by atoms with Crippen molar-refractivity contribution in [1.82, 2.24) is 15.2 Å². The van der Waals surface area contributed by atoms with Crippen LogP contribution in [0, 0.1) is 13.8 Å². The number of pyridine rings is 1. The largest absolute Gasteiger partial charge is 0.379 e. The first-order valence-electron chi connectivity index (χ1n) is 9.42. The quantitative estimate of drug-likeness (QED) is 0.741. The number of hydrogen-bond donors (Lipinski definition) is 1. The van der Waals surface area contributed by atoms with E-state index in [2.05, 4.69) is 47.2 Å². The normalized spacial score (nSPS) is 14.9. The first-order chi connectivity index (χ1) is 13.1.